The van der Waals surface area contributed by atoms with Gasteiger partial charge in [0.1, 0.15) is 11.3 Å². The second-order valence-electron chi connectivity index (χ2n) is 16.5. The SMILES string of the molecule is c1ccc(-c2ccc(-c3nc(-c4ccc(-c5cc6ccccc6o5)cc4)nc(-c4cc(-n5c6ccccc6c6ccccc65)cc(-n5c6ccccc6c6ccccc65)c4)n3)cc2)cc1. The molecule has 304 valence electrons. The number of hydrogen-bond donors (Lipinski definition) is 0. The zero-order chi connectivity index (χ0) is 42.8. The number of rotatable bonds is 7. The van der Waals surface area contributed by atoms with E-state index in [-0.39, 0.29) is 0 Å². The Morgan fingerprint density at radius 1 is 0.292 bits per heavy atom. The largest absolute Gasteiger partial charge is 0.456 e. The van der Waals surface area contributed by atoms with Gasteiger partial charge in [-0.2, -0.15) is 0 Å². The van der Waals surface area contributed by atoms with Crippen molar-refractivity contribution in [3.63, 3.8) is 0 Å². The summed E-state index contributed by atoms with van der Waals surface area (Å²) < 4.78 is 11.0. The maximum Gasteiger partial charge on any atom is 0.164 e. The smallest absolute Gasteiger partial charge is 0.164 e. The molecule has 0 aliphatic carbocycles. The third-order valence-electron chi connectivity index (χ3n) is 12.6. The van der Waals surface area contributed by atoms with Crippen LogP contribution in [0.1, 0.15) is 0 Å². The van der Waals surface area contributed by atoms with E-state index in [0.717, 1.165) is 83.6 Å². The fourth-order valence-electron chi connectivity index (χ4n) is 9.50. The standard InChI is InChI=1S/C59H37N5O/c1-2-14-38(15-3-1)39-26-30-41(31-27-39)57-60-58(42-32-28-40(29-33-42)56-36-43-16-4-13-25-55(43)65-56)62-59(61-57)44-34-45(63-51-21-9-5-17-47(51)48-18-6-10-22-52(48)63)37-46(35-44)64-53-23-11-7-19-49(53)50-20-8-12-24-54(50)64/h1-37H. The lowest BCUT2D eigenvalue weighted by Gasteiger charge is -2.16. The second kappa shape index (κ2) is 14.9. The molecule has 0 bridgehead atoms. The summed E-state index contributed by atoms with van der Waals surface area (Å²) in [5.41, 5.74) is 13.3. The number of fused-ring (bicyclic) bond motifs is 7. The van der Waals surface area contributed by atoms with Crippen molar-refractivity contribution in [2.45, 2.75) is 0 Å². The minimum absolute atomic E-state index is 0.572. The van der Waals surface area contributed by atoms with E-state index < -0.39 is 0 Å². The molecule has 0 atom stereocenters. The van der Waals surface area contributed by atoms with E-state index in [9.17, 15) is 0 Å². The monoisotopic (exact) mass is 831 g/mol. The maximum atomic E-state index is 6.24. The Hall–Kier alpha value is -8.87. The van der Waals surface area contributed by atoms with Gasteiger partial charge < -0.3 is 13.6 Å². The number of hydrogen-bond acceptors (Lipinski definition) is 4. The quantitative estimate of drug-likeness (QED) is 0.160. The van der Waals surface area contributed by atoms with Crippen LogP contribution in [-0.4, -0.2) is 24.1 Å². The van der Waals surface area contributed by atoms with E-state index >= 15 is 0 Å². The highest BCUT2D eigenvalue weighted by molar-refractivity contribution is 6.10. The van der Waals surface area contributed by atoms with E-state index in [1.54, 1.807) is 0 Å². The lowest BCUT2D eigenvalue weighted by atomic mass is 10.0. The van der Waals surface area contributed by atoms with Crippen LogP contribution < -0.4 is 0 Å². The Morgan fingerprint density at radius 3 is 1.17 bits per heavy atom. The molecule has 6 heteroatoms. The van der Waals surface area contributed by atoms with Gasteiger partial charge in [-0.25, -0.2) is 15.0 Å². The maximum absolute atomic E-state index is 6.24. The predicted octanol–water partition coefficient (Wildman–Crippen LogP) is 15.1. The average Bonchev–Trinajstić information content (AvgIpc) is 4.07. The first-order chi connectivity index (χ1) is 32.2. The predicted molar refractivity (Wildman–Crippen MR) is 265 cm³/mol. The Balaban J connectivity index is 1.04. The van der Waals surface area contributed by atoms with Gasteiger partial charge in [0.15, 0.2) is 17.5 Å². The van der Waals surface area contributed by atoms with Gasteiger partial charge in [-0.3, -0.25) is 0 Å². The van der Waals surface area contributed by atoms with Gasteiger partial charge in [-0.15, -0.1) is 0 Å². The molecule has 0 saturated carbocycles. The van der Waals surface area contributed by atoms with E-state index in [2.05, 4.69) is 209 Å². The minimum atomic E-state index is 0.572. The molecule has 0 amide bonds. The molecule has 13 aromatic rings. The molecule has 9 aromatic carbocycles. The van der Waals surface area contributed by atoms with Gasteiger partial charge in [-0.1, -0.05) is 170 Å². The highest BCUT2D eigenvalue weighted by Gasteiger charge is 2.20. The molecule has 4 aromatic heterocycles. The minimum Gasteiger partial charge on any atom is -0.456 e. The van der Waals surface area contributed by atoms with Crippen LogP contribution in [0.25, 0.3) is 123 Å². The third kappa shape index (κ3) is 6.22. The molecule has 0 fully saturated rings. The fraction of sp³-hybridized carbons (Fsp3) is 0. The number of aromatic nitrogens is 5. The summed E-state index contributed by atoms with van der Waals surface area (Å²) in [6, 6.07) is 78.7. The number of para-hydroxylation sites is 5. The summed E-state index contributed by atoms with van der Waals surface area (Å²) in [4.78, 5) is 15.9. The zero-order valence-corrected chi connectivity index (χ0v) is 35.0. The van der Waals surface area contributed by atoms with Gasteiger partial charge in [0.2, 0.25) is 0 Å². The van der Waals surface area contributed by atoms with Crippen LogP contribution >= 0.6 is 0 Å². The number of nitrogens with zero attached hydrogens (tertiary/aromatic N) is 5. The van der Waals surface area contributed by atoms with Crippen LogP contribution in [0, 0.1) is 0 Å². The molecule has 0 spiro atoms. The van der Waals surface area contributed by atoms with Gasteiger partial charge in [-0.05, 0) is 65.7 Å². The van der Waals surface area contributed by atoms with E-state index in [1.165, 1.54) is 21.5 Å². The van der Waals surface area contributed by atoms with Crippen molar-refractivity contribution >= 4 is 54.6 Å². The molecule has 65 heavy (non-hydrogen) atoms. The Morgan fingerprint density at radius 2 is 0.677 bits per heavy atom. The molecular formula is C59H37N5O. The van der Waals surface area contributed by atoms with Crippen molar-refractivity contribution in [2.75, 3.05) is 0 Å². The fourth-order valence-corrected chi connectivity index (χ4v) is 9.50. The van der Waals surface area contributed by atoms with E-state index in [1.807, 2.05) is 24.3 Å². The third-order valence-corrected chi connectivity index (χ3v) is 12.6. The first-order valence-corrected chi connectivity index (χ1v) is 21.8. The van der Waals surface area contributed by atoms with Crippen molar-refractivity contribution in [1.29, 1.82) is 0 Å². The molecule has 13 rings (SSSR count). The van der Waals surface area contributed by atoms with Gasteiger partial charge in [0.05, 0.1) is 22.1 Å². The molecule has 6 nitrogen and oxygen atoms in total. The summed E-state index contributed by atoms with van der Waals surface area (Å²) in [5.74, 6) is 2.55. The van der Waals surface area contributed by atoms with Crippen molar-refractivity contribution in [3.8, 4) is 68.0 Å². The molecule has 0 saturated heterocycles. The molecular weight excluding hydrogens is 795 g/mol. The summed E-state index contributed by atoms with van der Waals surface area (Å²) in [6.07, 6.45) is 0. The van der Waals surface area contributed by atoms with E-state index in [4.69, 9.17) is 19.4 Å². The first-order valence-electron chi connectivity index (χ1n) is 21.8. The van der Waals surface area contributed by atoms with Gasteiger partial charge in [0, 0.05) is 60.6 Å². The molecule has 4 heterocycles. The van der Waals surface area contributed by atoms with Crippen LogP contribution in [0.4, 0.5) is 0 Å². The van der Waals surface area contributed by atoms with Crippen LogP contribution in [-0.2, 0) is 0 Å². The normalized spacial score (nSPS) is 11.7. The topological polar surface area (TPSA) is 61.7 Å². The summed E-state index contributed by atoms with van der Waals surface area (Å²) in [5, 5.41) is 5.85. The Labute approximate surface area is 374 Å². The summed E-state index contributed by atoms with van der Waals surface area (Å²) in [7, 11) is 0. The zero-order valence-electron chi connectivity index (χ0n) is 35.0. The van der Waals surface area contributed by atoms with Crippen molar-refractivity contribution in [2.24, 2.45) is 0 Å². The number of furan rings is 1. The summed E-state index contributed by atoms with van der Waals surface area (Å²) >= 11 is 0. The van der Waals surface area contributed by atoms with Crippen molar-refractivity contribution in [1.82, 2.24) is 24.1 Å². The lowest BCUT2D eigenvalue weighted by molar-refractivity contribution is 0.631. The van der Waals surface area contributed by atoms with E-state index in [0.29, 0.717) is 17.5 Å². The average molecular weight is 832 g/mol. The van der Waals surface area contributed by atoms with Crippen LogP contribution in [0.3, 0.4) is 0 Å². The molecule has 0 radical (unpaired) electrons. The molecule has 0 unspecified atom stereocenters. The Kier molecular flexibility index (Phi) is 8.42. The first kappa shape index (κ1) is 36.8. The van der Waals surface area contributed by atoms with Gasteiger partial charge in [0.25, 0.3) is 0 Å². The number of benzene rings is 9. The van der Waals surface area contributed by atoms with Crippen LogP contribution in [0.5, 0.6) is 0 Å². The van der Waals surface area contributed by atoms with Crippen LogP contribution in [0.15, 0.2) is 229 Å². The van der Waals surface area contributed by atoms with Gasteiger partial charge >= 0.3 is 0 Å². The molecule has 0 aliphatic heterocycles. The molecule has 0 aliphatic rings. The van der Waals surface area contributed by atoms with Crippen molar-refractivity contribution in [3.05, 3.63) is 224 Å². The van der Waals surface area contributed by atoms with Crippen LogP contribution in [0.2, 0.25) is 0 Å². The highest BCUT2D eigenvalue weighted by atomic mass is 16.3. The lowest BCUT2D eigenvalue weighted by Crippen LogP contribution is -2.03. The second-order valence-corrected chi connectivity index (χ2v) is 16.5. The highest BCUT2D eigenvalue weighted by Crippen LogP contribution is 2.38. The molecule has 0 N–H and O–H groups in total. The van der Waals surface area contributed by atoms with Crippen molar-refractivity contribution < 1.29 is 4.42 Å². The Bertz CT molecular complexity index is 3660. The summed E-state index contributed by atoms with van der Waals surface area (Å²) in [6.45, 7) is 0.